The number of hydrogen-bond acceptors (Lipinski definition) is 2. The molecule has 0 saturated heterocycles. The molecular weight excluding hydrogens is 246 g/mol. The van der Waals surface area contributed by atoms with Gasteiger partial charge >= 0.3 is 0 Å². The zero-order valence-corrected chi connectivity index (χ0v) is 11.3. The van der Waals surface area contributed by atoms with Crippen molar-refractivity contribution in [3.8, 4) is 5.75 Å². The van der Waals surface area contributed by atoms with Gasteiger partial charge in [-0.3, -0.25) is 0 Å². The number of anilines is 1. The number of halogens is 1. The van der Waals surface area contributed by atoms with E-state index in [0.717, 1.165) is 5.56 Å². The molecule has 0 fully saturated rings. The van der Waals surface area contributed by atoms with Crippen LogP contribution < -0.4 is 10.5 Å². The van der Waals surface area contributed by atoms with Crippen LogP contribution in [0.25, 0.3) is 0 Å². The molecule has 2 aromatic carbocycles. The van der Waals surface area contributed by atoms with Crippen LogP contribution in [-0.2, 0) is 6.61 Å². The lowest BCUT2D eigenvalue weighted by Crippen LogP contribution is -2.00. The van der Waals surface area contributed by atoms with Crippen molar-refractivity contribution in [1.82, 2.24) is 0 Å². The first kappa shape index (κ1) is 12.8. The second-order valence-electron chi connectivity index (χ2n) is 4.40. The third-order valence-corrected chi connectivity index (χ3v) is 3.09. The van der Waals surface area contributed by atoms with Crippen LogP contribution in [0.3, 0.4) is 0 Å². The maximum atomic E-state index is 5.84. The predicted octanol–water partition coefficient (Wildman–Crippen LogP) is 4.12. The summed E-state index contributed by atoms with van der Waals surface area (Å²) in [4.78, 5) is 0. The van der Waals surface area contributed by atoms with Gasteiger partial charge in [-0.15, -0.1) is 0 Å². The maximum Gasteiger partial charge on any atom is 0.142 e. The van der Waals surface area contributed by atoms with Crippen molar-refractivity contribution in [1.29, 1.82) is 0 Å². The van der Waals surface area contributed by atoms with E-state index >= 15 is 0 Å². The van der Waals surface area contributed by atoms with E-state index in [2.05, 4.69) is 32.0 Å². The third-order valence-electron chi connectivity index (χ3n) is 2.85. The van der Waals surface area contributed by atoms with E-state index in [-0.39, 0.29) is 0 Å². The molecule has 2 N–H and O–H groups in total. The molecule has 0 aliphatic rings. The monoisotopic (exact) mass is 261 g/mol. The minimum atomic E-state index is 0.512. The number of benzene rings is 2. The number of nitrogen functional groups attached to an aromatic ring is 1. The fraction of sp³-hybridized carbons (Fsp3) is 0.200. The Labute approximate surface area is 112 Å². The van der Waals surface area contributed by atoms with E-state index in [0.29, 0.717) is 23.1 Å². The lowest BCUT2D eigenvalue weighted by molar-refractivity contribution is 0.307. The molecule has 0 unspecified atom stereocenters. The molecule has 2 nitrogen and oxygen atoms in total. The molecule has 0 aromatic heterocycles. The molecule has 0 atom stereocenters. The van der Waals surface area contributed by atoms with Gasteiger partial charge in [0.25, 0.3) is 0 Å². The summed E-state index contributed by atoms with van der Waals surface area (Å²) in [6.45, 7) is 4.67. The van der Waals surface area contributed by atoms with E-state index in [4.69, 9.17) is 22.1 Å². The number of ether oxygens (including phenoxy) is 1. The maximum absolute atomic E-state index is 5.84. The van der Waals surface area contributed by atoms with Crippen molar-refractivity contribution in [2.75, 3.05) is 5.73 Å². The van der Waals surface area contributed by atoms with E-state index < -0.39 is 0 Å². The van der Waals surface area contributed by atoms with Gasteiger partial charge in [0.15, 0.2) is 0 Å². The van der Waals surface area contributed by atoms with Crippen LogP contribution in [0.5, 0.6) is 5.75 Å². The van der Waals surface area contributed by atoms with E-state index in [1.165, 1.54) is 11.1 Å². The first-order chi connectivity index (χ1) is 8.56. The van der Waals surface area contributed by atoms with Crippen molar-refractivity contribution in [3.05, 3.63) is 58.1 Å². The van der Waals surface area contributed by atoms with Crippen LogP contribution in [0, 0.1) is 13.8 Å². The van der Waals surface area contributed by atoms with Crippen molar-refractivity contribution in [2.45, 2.75) is 20.5 Å². The molecule has 0 aliphatic heterocycles. The standard InChI is InChI=1S/C15H16ClNO/c1-10-3-4-12(11(2)7-10)9-18-15-6-5-13(16)8-14(15)17/h3-8H,9,17H2,1-2H3. The largest absolute Gasteiger partial charge is 0.487 e. The Morgan fingerprint density at radius 1 is 1.11 bits per heavy atom. The summed E-state index contributed by atoms with van der Waals surface area (Å²) in [6.07, 6.45) is 0. The fourth-order valence-corrected chi connectivity index (χ4v) is 1.99. The lowest BCUT2D eigenvalue weighted by Gasteiger charge is -2.11. The summed E-state index contributed by atoms with van der Waals surface area (Å²) in [5.41, 5.74) is 10.0. The van der Waals surface area contributed by atoms with Gasteiger partial charge in [-0.05, 0) is 43.2 Å². The molecule has 0 radical (unpaired) electrons. The molecule has 0 bridgehead atoms. The van der Waals surface area contributed by atoms with Gasteiger partial charge in [-0.2, -0.15) is 0 Å². The summed E-state index contributed by atoms with van der Waals surface area (Å²) in [6, 6.07) is 11.6. The third kappa shape index (κ3) is 2.96. The Kier molecular flexibility index (Phi) is 3.78. The van der Waals surface area contributed by atoms with Gasteiger partial charge < -0.3 is 10.5 Å². The normalized spacial score (nSPS) is 10.4. The lowest BCUT2D eigenvalue weighted by atomic mass is 10.1. The quantitative estimate of drug-likeness (QED) is 0.844. The molecule has 0 spiro atoms. The number of nitrogens with two attached hydrogens (primary N) is 1. The molecule has 94 valence electrons. The van der Waals surface area contributed by atoms with Gasteiger partial charge in [0.2, 0.25) is 0 Å². The smallest absolute Gasteiger partial charge is 0.142 e. The van der Waals surface area contributed by atoms with Crippen LogP contribution in [0.4, 0.5) is 5.69 Å². The Balaban J connectivity index is 2.11. The van der Waals surface area contributed by atoms with Crippen LogP contribution in [0.2, 0.25) is 5.02 Å². The molecule has 2 rings (SSSR count). The number of aryl methyl sites for hydroxylation is 2. The van der Waals surface area contributed by atoms with Crippen molar-refractivity contribution in [3.63, 3.8) is 0 Å². The summed E-state index contributed by atoms with van der Waals surface area (Å²) in [5, 5.41) is 0.617. The number of rotatable bonds is 3. The molecule has 0 saturated carbocycles. The second kappa shape index (κ2) is 5.32. The minimum Gasteiger partial charge on any atom is -0.487 e. The average molecular weight is 262 g/mol. The summed E-state index contributed by atoms with van der Waals surface area (Å²) < 4.78 is 5.71. The molecule has 3 heteroatoms. The zero-order valence-electron chi connectivity index (χ0n) is 10.5. The Bertz CT molecular complexity index is 515. The summed E-state index contributed by atoms with van der Waals surface area (Å²) in [7, 11) is 0. The Morgan fingerprint density at radius 2 is 1.89 bits per heavy atom. The average Bonchev–Trinajstić information content (AvgIpc) is 2.30. The van der Waals surface area contributed by atoms with Gasteiger partial charge in [0.05, 0.1) is 5.69 Å². The van der Waals surface area contributed by atoms with Gasteiger partial charge in [0.1, 0.15) is 12.4 Å². The molecule has 0 heterocycles. The van der Waals surface area contributed by atoms with Crippen molar-refractivity contribution < 1.29 is 4.74 Å². The first-order valence-electron chi connectivity index (χ1n) is 5.80. The van der Waals surface area contributed by atoms with Gasteiger partial charge in [-0.1, -0.05) is 35.4 Å². The highest BCUT2D eigenvalue weighted by Gasteiger charge is 2.03. The van der Waals surface area contributed by atoms with Crippen LogP contribution in [0.1, 0.15) is 16.7 Å². The van der Waals surface area contributed by atoms with E-state index in [1.807, 2.05) is 0 Å². The second-order valence-corrected chi connectivity index (χ2v) is 4.84. The first-order valence-corrected chi connectivity index (χ1v) is 6.18. The molecule has 18 heavy (non-hydrogen) atoms. The van der Waals surface area contributed by atoms with Gasteiger partial charge in [-0.25, -0.2) is 0 Å². The van der Waals surface area contributed by atoms with Crippen molar-refractivity contribution in [2.24, 2.45) is 0 Å². The van der Waals surface area contributed by atoms with Crippen LogP contribution >= 0.6 is 11.6 Å². The highest BCUT2D eigenvalue weighted by Crippen LogP contribution is 2.26. The Morgan fingerprint density at radius 3 is 2.56 bits per heavy atom. The van der Waals surface area contributed by atoms with Crippen LogP contribution in [-0.4, -0.2) is 0 Å². The molecular formula is C15H16ClNO. The minimum absolute atomic E-state index is 0.512. The highest BCUT2D eigenvalue weighted by molar-refractivity contribution is 6.30. The molecule has 0 aliphatic carbocycles. The number of hydrogen-bond donors (Lipinski definition) is 1. The molecule has 2 aromatic rings. The van der Waals surface area contributed by atoms with Crippen molar-refractivity contribution >= 4 is 17.3 Å². The SMILES string of the molecule is Cc1ccc(COc2ccc(Cl)cc2N)c(C)c1. The Hall–Kier alpha value is -1.67. The van der Waals surface area contributed by atoms with Gasteiger partial charge in [0, 0.05) is 5.02 Å². The predicted molar refractivity (Wildman–Crippen MR) is 76.1 cm³/mol. The topological polar surface area (TPSA) is 35.2 Å². The highest BCUT2D eigenvalue weighted by atomic mass is 35.5. The van der Waals surface area contributed by atoms with E-state index in [1.54, 1.807) is 18.2 Å². The van der Waals surface area contributed by atoms with E-state index in [9.17, 15) is 0 Å². The fourth-order valence-electron chi connectivity index (χ4n) is 1.81. The summed E-state index contributed by atoms with van der Waals surface area (Å²) >= 11 is 5.84. The van der Waals surface area contributed by atoms with Crippen LogP contribution in [0.15, 0.2) is 36.4 Å². The molecule has 0 amide bonds. The zero-order chi connectivity index (χ0) is 13.1. The summed E-state index contributed by atoms with van der Waals surface area (Å²) in [5.74, 6) is 0.666.